The molecule has 1 saturated carbocycles. The van der Waals surface area contributed by atoms with Crippen LogP contribution in [0.2, 0.25) is 0 Å². The lowest BCUT2D eigenvalue weighted by atomic mass is 9.72. The van der Waals surface area contributed by atoms with E-state index in [1.54, 1.807) is 24.1 Å². The molecular weight excluding hydrogens is 550 g/mol. The molecule has 0 bridgehead atoms. The van der Waals surface area contributed by atoms with Gasteiger partial charge in [-0.1, -0.05) is 88.6 Å². The Morgan fingerprint density at radius 2 is 1.64 bits per heavy atom. The van der Waals surface area contributed by atoms with Crippen molar-refractivity contribution in [1.29, 1.82) is 5.26 Å². The summed E-state index contributed by atoms with van der Waals surface area (Å²) in [4.78, 5) is 29.2. The van der Waals surface area contributed by atoms with Gasteiger partial charge >= 0.3 is 5.97 Å². The van der Waals surface area contributed by atoms with E-state index in [0.29, 0.717) is 12.1 Å². The predicted octanol–water partition coefficient (Wildman–Crippen LogP) is 6.97. The van der Waals surface area contributed by atoms with Crippen molar-refractivity contribution in [2.45, 2.75) is 77.5 Å². The molecule has 1 aliphatic heterocycles. The summed E-state index contributed by atoms with van der Waals surface area (Å²) < 4.78 is 5.75. The summed E-state index contributed by atoms with van der Waals surface area (Å²) in [6.07, 6.45) is 4.73. The van der Waals surface area contributed by atoms with E-state index in [-0.39, 0.29) is 23.8 Å². The van der Waals surface area contributed by atoms with E-state index in [9.17, 15) is 20.0 Å². The van der Waals surface area contributed by atoms with Gasteiger partial charge in [-0.15, -0.1) is 0 Å². The van der Waals surface area contributed by atoms with Crippen molar-refractivity contribution in [2.75, 3.05) is 7.11 Å². The Morgan fingerprint density at radius 1 is 0.977 bits per heavy atom. The molecule has 0 unspecified atom stereocenters. The molecule has 3 aromatic carbocycles. The molecule has 44 heavy (non-hydrogen) atoms. The number of carbonyl (C=O) groups excluding carboxylic acids is 1. The number of likely N-dealkylation sites (tertiary alicyclic amines) is 1. The SMILES string of the molecule is COc1ccc(-c2ccc(C#N)cc2)cc1CN[C@H]1[C@H](C(C)(C)C)[C@@H](C(=O)O)N(C(=O)C2CCCCC2)[C@H]1c1ccccc1. The number of carboxylic acids is 1. The highest BCUT2D eigenvalue weighted by Gasteiger charge is 2.58. The Morgan fingerprint density at radius 3 is 2.23 bits per heavy atom. The fourth-order valence-electron chi connectivity index (χ4n) is 7.35. The van der Waals surface area contributed by atoms with E-state index >= 15 is 0 Å². The molecule has 1 heterocycles. The molecule has 4 atom stereocenters. The lowest BCUT2D eigenvalue weighted by Crippen LogP contribution is -2.49. The highest BCUT2D eigenvalue weighted by atomic mass is 16.5. The highest BCUT2D eigenvalue weighted by Crippen LogP contribution is 2.49. The number of nitrogens with one attached hydrogen (secondary N) is 1. The number of nitrogens with zero attached hydrogens (tertiary/aromatic N) is 2. The molecule has 1 amide bonds. The summed E-state index contributed by atoms with van der Waals surface area (Å²) >= 11 is 0. The summed E-state index contributed by atoms with van der Waals surface area (Å²) in [5.41, 5.74) is 4.03. The molecule has 5 rings (SSSR count). The fraction of sp³-hybridized carbons (Fsp3) is 0.432. The van der Waals surface area contributed by atoms with Crippen LogP contribution in [0.1, 0.15) is 75.6 Å². The summed E-state index contributed by atoms with van der Waals surface area (Å²) in [5, 5.41) is 23.7. The van der Waals surface area contributed by atoms with Crippen molar-refractivity contribution in [3.8, 4) is 22.9 Å². The van der Waals surface area contributed by atoms with Crippen molar-refractivity contribution in [1.82, 2.24) is 10.2 Å². The zero-order chi connectivity index (χ0) is 31.4. The third-order valence-corrected chi connectivity index (χ3v) is 9.43. The zero-order valence-corrected chi connectivity index (χ0v) is 26.1. The summed E-state index contributed by atoms with van der Waals surface area (Å²) in [6, 6.07) is 23.8. The normalized spacial score (nSPS) is 22.4. The number of rotatable bonds is 8. The second-order valence-corrected chi connectivity index (χ2v) is 13.2. The molecule has 0 radical (unpaired) electrons. The number of methoxy groups -OCH3 is 1. The molecule has 3 aromatic rings. The first-order valence-corrected chi connectivity index (χ1v) is 15.6. The number of carbonyl (C=O) groups is 2. The Kier molecular flexibility index (Phi) is 9.41. The summed E-state index contributed by atoms with van der Waals surface area (Å²) in [7, 11) is 1.64. The number of hydrogen-bond acceptors (Lipinski definition) is 5. The number of benzene rings is 3. The van der Waals surface area contributed by atoms with Crippen molar-refractivity contribution in [3.63, 3.8) is 0 Å². The Balaban J connectivity index is 1.56. The fourth-order valence-corrected chi connectivity index (χ4v) is 7.35. The second-order valence-electron chi connectivity index (χ2n) is 13.2. The molecule has 1 aliphatic carbocycles. The van der Waals surface area contributed by atoms with Crippen LogP contribution < -0.4 is 10.1 Å². The van der Waals surface area contributed by atoms with Gasteiger partial charge in [-0.25, -0.2) is 4.79 Å². The number of amides is 1. The van der Waals surface area contributed by atoms with E-state index in [2.05, 4.69) is 38.2 Å². The van der Waals surface area contributed by atoms with E-state index in [4.69, 9.17) is 4.74 Å². The van der Waals surface area contributed by atoms with Gasteiger partial charge in [0.15, 0.2) is 0 Å². The topological polar surface area (TPSA) is 103 Å². The van der Waals surface area contributed by atoms with Gasteiger partial charge in [0.2, 0.25) is 5.91 Å². The largest absolute Gasteiger partial charge is 0.496 e. The molecular formula is C37H43N3O4. The van der Waals surface area contributed by atoms with Gasteiger partial charge in [-0.3, -0.25) is 4.79 Å². The van der Waals surface area contributed by atoms with E-state index < -0.39 is 23.5 Å². The minimum absolute atomic E-state index is 0.0371. The zero-order valence-electron chi connectivity index (χ0n) is 26.1. The average molecular weight is 594 g/mol. The van der Waals surface area contributed by atoms with Gasteiger partial charge in [0, 0.05) is 30.0 Å². The molecule has 2 fully saturated rings. The Labute approximate surface area is 260 Å². The molecule has 1 saturated heterocycles. The van der Waals surface area contributed by atoms with E-state index in [0.717, 1.165) is 60.1 Å². The molecule has 7 nitrogen and oxygen atoms in total. The number of ether oxygens (including phenoxy) is 1. The van der Waals surface area contributed by atoms with Crippen molar-refractivity contribution in [2.24, 2.45) is 17.3 Å². The van der Waals surface area contributed by atoms with Crippen LogP contribution in [-0.4, -0.2) is 41.1 Å². The number of hydrogen-bond donors (Lipinski definition) is 2. The highest BCUT2D eigenvalue weighted by molar-refractivity contribution is 5.87. The molecule has 2 aliphatic rings. The first-order chi connectivity index (χ1) is 21.1. The monoisotopic (exact) mass is 593 g/mol. The minimum atomic E-state index is -0.959. The molecule has 2 N–H and O–H groups in total. The van der Waals surface area contributed by atoms with Crippen LogP contribution in [0.15, 0.2) is 72.8 Å². The van der Waals surface area contributed by atoms with Crippen LogP contribution in [0.3, 0.4) is 0 Å². The summed E-state index contributed by atoms with van der Waals surface area (Å²) in [6.45, 7) is 6.65. The molecule has 230 valence electrons. The third-order valence-electron chi connectivity index (χ3n) is 9.43. The first-order valence-electron chi connectivity index (χ1n) is 15.6. The average Bonchev–Trinajstić information content (AvgIpc) is 3.40. The van der Waals surface area contributed by atoms with Crippen LogP contribution in [0.4, 0.5) is 0 Å². The van der Waals surface area contributed by atoms with Crippen LogP contribution in [-0.2, 0) is 16.1 Å². The van der Waals surface area contributed by atoms with Crippen molar-refractivity contribution < 1.29 is 19.4 Å². The van der Waals surface area contributed by atoms with Crippen LogP contribution in [0, 0.1) is 28.6 Å². The van der Waals surface area contributed by atoms with Crippen molar-refractivity contribution >= 4 is 11.9 Å². The molecule has 0 aromatic heterocycles. The van der Waals surface area contributed by atoms with Crippen molar-refractivity contribution in [3.05, 3.63) is 89.5 Å². The third kappa shape index (κ3) is 6.37. The van der Waals surface area contributed by atoms with Gasteiger partial charge in [0.05, 0.1) is 24.8 Å². The van der Waals surface area contributed by atoms with E-state index in [1.165, 1.54) is 0 Å². The quantitative estimate of drug-likeness (QED) is 0.292. The van der Waals surface area contributed by atoms with Gasteiger partial charge < -0.3 is 20.1 Å². The van der Waals surface area contributed by atoms with Crippen LogP contribution >= 0.6 is 0 Å². The number of aliphatic carboxylic acids is 1. The predicted molar refractivity (Wildman–Crippen MR) is 171 cm³/mol. The standard InChI is InChI=1S/C37H43N3O4/c1-37(2,3)31-32(39-23-29-21-28(19-20-30(29)44-4)25-17-15-24(22-38)16-18-25)33(26-11-7-5-8-12-26)40(34(31)36(42)43)35(41)27-13-9-6-10-14-27/h5,7-8,11-12,15-21,27,31-34,39H,6,9-10,13-14,23H2,1-4H3,(H,42,43)/t31-,32-,33-,34-/m0/s1. The maximum absolute atomic E-state index is 14.3. The Bertz CT molecular complexity index is 1500. The van der Waals surface area contributed by atoms with Crippen LogP contribution in [0.5, 0.6) is 5.75 Å². The summed E-state index contributed by atoms with van der Waals surface area (Å²) in [5.74, 6) is -0.781. The maximum atomic E-state index is 14.3. The van der Waals surface area contributed by atoms with Gasteiger partial charge in [-0.2, -0.15) is 5.26 Å². The second kappa shape index (κ2) is 13.2. The minimum Gasteiger partial charge on any atom is -0.496 e. The van der Waals surface area contributed by atoms with Gasteiger partial charge in [-0.05, 0) is 59.2 Å². The van der Waals surface area contributed by atoms with E-state index in [1.807, 2.05) is 54.6 Å². The van der Waals surface area contributed by atoms with Crippen LogP contribution in [0.25, 0.3) is 11.1 Å². The van der Waals surface area contributed by atoms with Gasteiger partial charge in [0.1, 0.15) is 11.8 Å². The smallest absolute Gasteiger partial charge is 0.326 e. The lowest BCUT2D eigenvalue weighted by Gasteiger charge is -2.36. The number of carboxylic acid groups (broad SMARTS) is 1. The lowest BCUT2D eigenvalue weighted by molar-refractivity contribution is -0.154. The molecule has 0 spiro atoms. The van der Waals surface area contributed by atoms with Gasteiger partial charge in [0.25, 0.3) is 0 Å². The first kappa shape index (κ1) is 31.3. The Hall–Kier alpha value is -4.15. The molecule has 7 heteroatoms. The number of nitriles is 1. The maximum Gasteiger partial charge on any atom is 0.326 e.